The van der Waals surface area contributed by atoms with Crippen LogP contribution in [0.4, 0.5) is 0 Å². The zero-order chi connectivity index (χ0) is 13.4. The van der Waals surface area contributed by atoms with E-state index >= 15 is 0 Å². The topological polar surface area (TPSA) is 29.3 Å². The predicted molar refractivity (Wildman–Crippen MR) is 84.4 cm³/mol. The molecule has 1 aromatic carbocycles. The van der Waals surface area contributed by atoms with Crippen molar-refractivity contribution in [2.75, 3.05) is 5.75 Å². The van der Waals surface area contributed by atoms with Gasteiger partial charge in [0.15, 0.2) is 4.96 Å². The Morgan fingerprint density at radius 2 is 2.30 bits per heavy atom. The number of imidazole rings is 1. The predicted octanol–water partition coefficient (Wildman–Crippen LogP) is 3.72. The highest BCUT2D eigenvalue weighted by molar-refractivity contribution is 7.99. The molecule has 1 aliphatic rings. The molecule has 4 rings (SSSR count). The molecule has 1 aliphatic heterocycles. The van der Waals surface area contributed by atoms with E-state index in [0.717, 1.165) is 17.2 Å². The summed E-state index contributed by atoms with van der Waals surface area (Å²) in [4.78, 5) is 7.12. The minimum atomic E-state index is 0.451. The fraction of sp³-hybridized carbons (Fsp3) is 0.267. The highest BCUT2D eigenvalue weighted by Gasteiger charge is 2.19. The minimum Gasteiger partial charge on any atom is -0.304 e. The molecule has 0 saturated carbocycles. The summed E-state index contributed by atoms with van der Waals surface area (Å²) in [6, 6.07) is 9.17. The number of nitrogens with zero attached hydrogens (tertiary/aromatic N) is 2. The lowest BCUT2D eigenvalue weighted by atomic mass is 10.0. The first-order valence-corrected chi connectivity index (χ1v) is 8.63. The molecular weight excluding hydrogens is 286 g/mol. The highest BCUT2D eigenvalue weighted by atomic mass is 32.2. The maximum Gasteiger partial charge on any atom is 0.193 e. The van der Waals surface area contributed by atoms with E-state index in [-0.39, 0.29) is 0 Å². The first-order valence-electron chi connectivity index (χ1n) is 6.76. The van der Waals surface area contributed by atoms with Crippen LogP contribution in [0.2, 0.25) is 0 Å². The van der Waals surface area contributed by atoms with Crippen LogP contribution >= 0.6 is 23.1 Å². The lowest BCUT2D eigenvalue weighted by Gasteiger charge is -2.25. The summed E-state index contributed by atoms with van der Waals surface area (Å²) in [5, 5.41) is 5.72. The monoisotopic (exact) mass is 301 g/mol. The van der Waals surface area contributed by atoms with Crippen molar-refractivity contribution >= 4 is 28.1 Å². The molecule has 0 unspecified atom stereocenters. The summed E-state index contributed by atoms with van der Waals surface area (Å²) in [5.74, 6) is 1.19. The lowest BCUT2D eigenvalue weighted by molar-refractivity contribution is 0.506. The van der Waals surface area contributed by atoms with Gasteiger partial charge in [-0.05, 0) is 23.8 Å². The molecule has 0 saturated heterocycles. The lowest BCUT2D eigenvalue weighted by Crippen LogP contribution is -2.24. The first kappa shape index (κ1) is 12.4. The molecule has 0 bridgehead atoms. The Kier molecular flexibility index (Phi) is 3.26. The number of aromatic nitrogens is 2. The molecule has 20 heavy (non-hydrogen) atoms. The number of rotatable bonds is 3. The van der Waals surface area contributed by atoms with Gasteiger partial charge in [0, 0.05) is 35.3 Å². The average Bonchev–Trinajstić information content (AvgIpc) is 3.06. The largest absolute Gasteiger partial charge is 0.304 e. The number of hydrogen-bond donors (Lipinski definition) is 1. The minimum absolute atomic E-state index is 0.451. The summed E-state index contributed by atoms with van der Waals surface area (Å²) >= 11 is 3.64. The van der Waals surface area contributed by atoms with Crippen molar-refractivity contribution in [3.8, 4) is 0 Å². The van der Waals surface area contributed by atoms with Gasteiger partial charge in [0.05, 0.1) is 5.69 Å². The zero-order valence-corrected chi connectivity index (χ0v) is 12.6. The zero-order valence-electron chi connectivity index (χ0n) is 11.0. The van der Waals surface area contributed by atoms with Crippen LogP contribution in [0.5, 0.6) is 0 Å². The Morgan fingerprint density at radius 1 is 1.35 bits per heavy atom. The molecule has 3 heterocycles. The van der Waals surface area contributed by atoms with Crippen molar-refractivity contribution in [1.82, 2.24) is 14.7 Å². The van der Waals surface area contributed by atoms with Gasteiger partial charge >= 0.3 is 0 Å². The molecule has 102 valence electrons. The van der Waals surface area contributed by atoms with Gasteiger partial charge in [-0.25, -0.2) is 4.98 Å². The third kappa shape index (κ3) is 2.26. The van der Waals surface area contributed by atoms with E-state index in [1.54, 1.807) is 11.3 Å². The molecule has 1 N–H and O–H groups in total. The van der Waals surface area contributed by atoms with Crippen LogP contribution in [0.25, 0.3) is 4.96 Å². The summed E-state index contributed by atoms with van der Waals surface area (Å²) in [6.07, 6.45) is 5.36. The van der Waals surface area contributed by atoms with Crippen LogP contribution in [-0.4, -0.2) is 15.1 Å². The molecule has 3 nitrogen and oxygen atoms in total. The molecule has 0 fully saturated rings. The van der Waals surface area contributed by atoms with Crippen LogP contribution in [0.3, 0.4) is 0 Å². The van der Waals surface area contributed by atoms with Gasteiger partial charge in [0.2, 0.25) is 0 Å². The molecule has 0 spiro atoms. The fourth-order valence-corrected chi connectivity index (χ4v) is 4.49. The third-order valence-corrected chi connectivity index (χ3v) is 5.52. The molecule has 0 radical (unpaired) electrons. The van der Waals surface area contributed by atoms with Crippen LogP contribution in [0.15, 0.2) is 46.9 Å². The Hall–Kier alpha value is -1.30. The second-order valence-electron chi connectivity index (χ2n) is 4.93. The summed E-state index contributed by atoms with van der Waals surface area (Å²) in [5.41, 5.74) is 2.55. The van der Waals surface area contributed by atoms with E-state index in [4.69, 9.17) is 0 Å². The van der Waals surface area contributed by atoms with Gasteiger partial charge in [-0.2, -0.15) is 0 Å². The molecule has 1 atom stereocenters. The summed E-state index contributed by atoms with van der Waals surface area (Å²) < 4.78 is 2.09. The number of hydrogen-bond acceptors (Lipinski definition) is 4. The number of nitrogens with one attached hydrogen (secondary N) is 1. The van der Waals surface area contributed by atoms with Crippen LogP contribution in [-0.2, 0) is 6.54 Å². The maximum atomic E-state index is 4.63. The molecule has 0 amide bonds. The van der Waals surface area contributed by atoms with Gasteiger partial charge in [-0.3, -0.25) is 4.40 Å². The van der Waals surface area contributed by atoms with Gasteiger partial charge in [-0.1, -0.05) is 18.2 Å². The Bertz CT molecular complexity index is 703. The number of thiazole rings is 1. The molecular formula is C15H15N3S2. The number of thioether (sulfide) groups is 1. The summed E-state index contributed by atoms with van der Waals surface area (Å²) in [6.45, 7) is 0.831. The van der Waals surface area contributed by atoms with Crippen molar-refractivity contribution < 1.29 is 0 Å². The highest BCUT2D eigenvalue weighted by Crippen LogP contribution is 2.35. The van der Waals surface area contributed by atoms with Crippen molar-refractivity contribution in [2.24, 2.45) is 0 Å². The van der Waals surface area contributed by atoms with Crippen molar-refractivity contribution in [3.63, 3.8) is 0 Å². The second kappa shape index (κ2) is 5.24. The van der Waals surface area contributed by atoms with Crippen molar-refractivity contribution in [2.45, 2.75) is 23.9 Å². The van der Waals surface area contributed by atoms with Crippen LogP contribution in [0, 0.1) is 0 Å². The normalized spacial score (nSPS) is 18.3. The van der Waals surface area contributed by atoms with E-state index in [1.807, 2.05) is 11.8 Å². The Labute approximate surface area is 126 Å². The second-order valence-corrected chi connectivity index (χ2v) is 6.94. The Balaban J connectivity index is 1.51. The standard InChI is InChI=1S/C15H15N3S2/c1-2-4-14-12(3-1)13(5-7-19-14)16-9-11-10-18-6-8-20-15(18)17-11/h1-4,6,8,10,13,16H,5,7,9H2/t13-/m0/s1. The van der Waals surface area contributed by atoms with Gasteiger partial charge in [-0.15, -0.1) is 23.1 Å². The van der Waals surface area contributed by atoms with Crippen molar-refractivity contribution in [3.05, 3.63) is 53.3 Å². The van der Waals surface area contributed by atoms with Gasteiger partial charge < -0.3 is 5.32 Å². The van der Waals surface area contributed by atoms with E-state index in [9.17, 15) is 0 Å². The maximum absolute atomic E-state index is 4.63. The number of fused-ring (bicyclic) bond motifs is 2. The van der Waals surface area contributed by atoms with E-state index in [1.165, 1.54) is 22.6 Å². The quantitative estimate of drug-likeness (QED) is 0.799. The van der Waals surface area contributed by atoms with E-state index in [0.29, 0.717) is 6.04 Å². The van der Waals surface area contributed by atoms with Gasteiger partial charge in [0.1, 0.15) is 0 Å². The molecule has 2 aromatic heterocycles. The summed E-state index contributed by atoms with van der Waals surface area (Å²) in [7, 11) is 0. The smallest absolute Gasteiger partial charge is 0.193 e. The first-order chi connectivity index (χ1) is 9.90. The molecule has 0 aliphatic carbocycles. The molecule has 3 aromatic rings. The van der Waals surface area contributed by atoms with E-state index in [2.05, 4.69) is 56.7 Å². The SMILES string of the molecule is c1ccc2c(c1)SCC[C@@H]2NCc1cn2ccsc2n1. The molecule has 5 heteroatoms. The van der Waals surface area contributed by atoms with Gasteiger partial charge in [0.25, 0.3) is 0 Å². The fourth-order valence-electron chi connectivity index (χ4n) is 2.64. The Morgan fingerprint density at radius 3 is 3.25 bits per heavy atom. The average molecular weight is 301 g/mol. The van der Waals surface area contributed by atoms with E-state index < -0.39 is 0 Å². The number of benzene rings is 1. The van der Waals surface area contributed by atoms with Crippen LogP contribution < -0.4 is 5.32 Å². The van der Waals surface area contributed by atoms with Crippen LogP contribution in [0.1, 0.15) is 23.7 Å². The van der Waals surface area contributed by atoms with Crippen molar-refractivity contribution in [1.29, 1.82) is 0 Å². The third-order valence-electron chi connectivity index (χ3n) is 3.63.